The van der Waals surface area contributed by atoms with Gasteiger partial charge in [-0.1, -0.05) is 30.3 Å². The van der Waals surface area contributed by atoms with Gasteiger partial charge in [0.2, 0.25) is 0 Å². The molecular formula is C14H14O2. The number of carbonyl (C=O) groups is 1. The lowest BCUT2D eigenvalue weighted by Gasteiger charge is -2.15. The van der Waals surface area contributed by atoms with Gasteiger partial charge in [0.05, 0.1) is 6.26 Å². The van der Waals surface area contributed by atoms with E-state index in [4.69, 9.17) is 5.11 Å². The molecule has 16 heavy (non-hydrogen) atoms. The van der Waals surface area contributed by atoms with Gasteiger partial charge in [0, 0.05) is 11.1 Å². The minimum Gasteiger partial charge on any atom is -0.515 e. The molecule has 1 N–H and O–H groups in total. The lowest BCUT2D eigenvalue weighted by Crippen LogP contribution is -2.12. The highest BCUT2D eigenvalue weighted by atomic mass is 16.2. The van der Waals surface area contributed by atoms with E-state index in [0.717, 1.165) is 30.2 Å². The van der Waals surface area contributed by atoms with Gasteiger partial charge in [-0.3, -0.25) is 4.79 Å². The molecule has 0 atom stereocenters. The molecule has 2 rings (SSSR count). The van der Waals surface area contributed by atoms with Crippen LogP contribution in [0.4, 0.5) is 0 Å². The van der Waals surface area contributed by atoms with E-state index in [1.54, 1.807) is 0 Å². The van der Waals surface area contributed by atoms with Crippen LogP contribution >= 0.6 is 0 Å². The van der Waals surface area contributed by atoms with Crippen molar-refractivity contribution >= 4 is 11.9 Å². The molecule has 0 aliphatic heterocycles. The Hall–Kier alpha value is -1.83. The average Bonchev–Trinajstić information content (AvgIpc) is 2.33. The van der Waals surface area contributed by atoms with E-state index in [1.165, 1.54) is 0 Å². The van der Waals surface area contributed by atoms with Gasteiger partial charge in [-0.05, 0) is 30.9 Å². The van der Waals surface area contributed by atoms with Crippen LogP contribution in [0, 0.1) is 0 Å². The Morgan fingerprint density at radius 1 is 1.06 bits per heavy atom. The van der Waals surface area contributed by atoms with E-state index in [9.17, 15) is 4.79 Å². The van der Waals surface area contributed by atoms with E-state index >= 15 is 0 Å². The molecule has 0 amide bonds. The second kappa shape index (κ2) is 4.79. The van der Waals surface area contributed by atoms with Gasteiger partial charge in [-0.25, -0.2) is 0 Å². The highest BCUT2D eigenvalue weighted by Crippen LogP contribution is 2.25. The predicted octanol–water partition coefficient (Wildman–Crippen LogP) is 3.26. The molecule has 1 aromatic carbocycles. The van der Waals surface area contributed by atoms with Gasteiger partial charge in [0.1, 0.15) is 0 Å². The Morgan fingerprint density at radius 2 is 1.75 bits per heavy atom. The zero-order valence-corrected chi connectivity index (χ0v) is 9.02. The van der Waals surface area contributed by atoms with Gasteiger partial charge in [-0.15, -0.1) is 0 Å². The van der Waals surface area contributed by atoms with Crippen molar-refractivity contribution < 1.29 is 9.90 Å². The van der Waals surface area contributed by atoms with Gasteiger partial charge in [0.15, 0.2) is 5.78 Å². The third-order valence-electron chi connectivity index (χ3n) is 2.77. The lowest BCUT2D eigenvalue weighted by atomic mass is 9.88. The first kappa shape index (κ1) is 10.7. The highest BCUT2D eigenvalue weighted by molar-refractivity contribution is 6.11. The maximum absolute atomic E-state index is 11.9. The molecule has 2 heteroatoms. The first-order valence-electron chi connectivity index (χ1n) is 5.45. The number of carbonyl (C=O) groups excluding carboxylic acids is 1. The van der Waals surface area contributed by atoms with Gasteiger partial charge in [0.25, 0.3) is 0 Å². The van der Waals surface area contributed by atoms with Crippen molar-refractivity contribution in [3.63, 3.8) is 0 Å². The largest absolute Gasteiger partial charge is 0.515 e. The lowest BCUT2D eigenvalue weighted by molar-refractivity contribution is -0.113. The maximum atomic E-state index is 11.9. The molecule has 1 fully saturated rings. The van der Waals surface area contributed by atoms with Crippen LogP contribution in [0.1, 0.15) is 24.8 Å². The van der Waals surface area contributed by atoms with Crippen LogP contribution < -0.4 is 0 Å². The molecule has 1 saturated carbocycles. The van der Waals surface area contributed by atoms with Crippen LogP contribution in [0.2, 0.25) is 0 Å². The van der Waals surface area contributed by atoms with Crippen molar-refractivity contribution in [2.24, 2.45) is 0 Å². The van der Waals surface area contributed by atoms with E-state index in [2.05, 4.69) is 0 Å². The monoisotopic (exact) mass is 214 g/mol. The van der Waals surface area contributed by atoms with Crippen molar-refractivity contribution in [1.82, 2.24) is 0 Å². The molecule has 1 aromatic rings. The first-order chi connectivity index (χ1) is 7.81. The number of rotatable bonds is 1. The van der Waals surface area contributed by atoms with E-state index in [-0.39, 0.29) is 5.78 Å². The molecule has 2 nitrogen and oxygen atoms in total. The number of aliphatic hydroxyl groups excluding tert-OH is 1. The second-order valence-corrected chi connectivity index (χ2v) is 3.92. The number of hydrogen-bond donors (Lipinski definition) is 1. The second-order valence-electron chi connectivity index (χ2n) is 3.92. The fourth-order valence-electron chi connectivity index (χ4n) is 1.91. The zero-order valence-electron chi connectivity index (χ0n) is 9.02. The normalized spacial score (nSPS) is 21.6. The average molecular weight is 214 g/mol. The minimum atomic E-state index is -0.0161. The zero-order chi connectivity index (χ0) is 11.4. The molecular weight excluding hydrogens is 200 g/mol. The summed E-state index contributed by atoms with van der Waals surface area (Å²) in [5.74, 6) is -0.0161. The molecule has 0 aromatic heterocycles. The summed E-state index contributed by atoms with van der Waals surface area (Å²) in [5.41, 5.74) is 2.34. The number of allylic oxidation sites excluding steroid dienone is 2. The highest BCUT2D eigenvalue weighted by Gasteiger charge is 2.20. The third-order valence-corrected chi connectivity index (χ3v) is 2.77. The summed E-state index contributed by atoms with van der Waals surface area (Å²) in [6, 6.07) is 9.78. The summed E-state index contributed by atoms with van der Waals surface area (Å²) in [4.78, 5) is 11.9. The Balaban J connectivity index is 2.27. The summed E-state index contributed by atoms with van der Waals surface area (Å²) in [7, 11) is 0. The van der Waals surface area contributed by atoms with Crippen molar-refractivity contribution in [3.8, 4) is 0 Å². The van der Waals surface area contributed by atoms with Crippen molar-refractivity contribution in [1.29, 1.82) is 0 Å². The predicted molar refractivity (Wildman–Crippen MR) is 64.0 cm³/mol. The molecule has 0 unspecified atom stereocenters. The van der Waals surface area contributed by atoms with Crippen LogP contribution in [0.5, 0.6) is 0 Å². The molecule has 0 bridgehead atoms. The smallest absolute Gasteiger partial charge is 0.188 e. The number of hydrogen-bond acceptors (Lipinski definition) is 2. The summed E-state index contributed by atoms with van der Waals surface area (Å²) in [6.07, 6.45) is 5.26. The number of aliphatic hydroxyl groups is 1. The summed E-state index contributed by atoms with van der Waals surface area (Å²) in [6.45, 7) is 0. The molecule has 0 saturated heterocycles. The summed E-state index contributed by atoms with van der Waals surface area (Å²) < 4.78 is 0. The van der Waals surface area contributed by atoms with Gasteiger partial charge in [-0.2, -0.15) is 0 Å². The van der Waals surface area contributed by atoms with Crippen LogP contribution in [0.3, 0.4) is 0 Å². The van der Waals surface area contributed by atoms with Gasteiger partial charge >= 0.3 is 0 Å². The van der Waals surface area contributed by atoms with Crippen molar-refractivity contribution in [2.45, 2.75) is 19.3 Å². The summed E-state index contributed by atoms with van der Waals surface area (Å²) in [5, 5.41) is 8.94. The van der Waals surface area contributed by atoms with Gasteiger partial charge < -0.3 is 5.11 Å². The molecule has 0 heterocycles. The maximum Gasteiger partial charge on any atom is 0.188 e. The van der Waals surface area contributed by atoms with E-state index in [0.29, 0.717) is 12.0 Å². The molecule has 0 spiro atoms. The first-order valence-corrected chi connectivity index (χ1v) is 5.45. The van der Waals surface area contributed by atoms with Crippen molar-refractivity contribution in [3.05, 3.63) is 53.3 Å². The van der Waals surface area contributed by atoms with E-state index in [1.807, 2.05) is 36.4 Å². The molecule has 1 aliphatic carbocycles. The Labute approximate surface area is 94.9 Å². The Morgan fingerprint density at radius 3 is 2.44 bits per heavy atom. The summed E-state index contributed by atoms with van der Waals surface area (Å²) >= 11 is 0. The van der Waals surface area contributed by atoms with E-state index < -0.39 is 0 Å². The van der Waals surface area contributed by atoms with Crippen LogP contribution in [-0.2, 0) is 4.79 Å². The Kier molecular flexibility index (Phi) is 3.20. The number of ketones is 1. The Bertz CT molecular complexity index is 441. The van der Waals surface area contributed by atoms with Crippen LogP contribution in [0.15, 0.2) is 47.7 Å². The quantitative estimate of drug-likeness (QED) is 0.575. The van der Waals surface area contributed by atoms with Crippen LogP contribution in [0.25, 0.3) is 6.08 Å². The fraction of sp³-hybridized carbons (Fsp3) is 0.214. The topological polar surface area (TPSA) is 37.3 Å². The molecule has 0 radical (unpaired) electrons. The third kappa shape index (κ3) is 2.22. The minimum absolute atomic E-state index is 0.0161. The van der Waals surface area contributed by atoms with Crippen molar-refractivity contribution in [2.75, 3.05) is 0 Å². The fourth-order valence-corrected chi connectivity index (χ4v) is 1.91. The SMILES string of the molecule is O=C1C(=CO)CCC/C1=C\c1ccccc1. The van der Waals surface area contributed by atoms with Crippen LogP contribution in [-0.4, -0.2) is 10.9 Å². The number of Topliss-reactive ketones (excluding diaryl/α,β-unsaturated/α-hetero) is 1. The molecule has 1 aliphatic rings. The standard InChI is InChI=1S/C14H14O2/c15-10-13-8-4-7-12(14(13)16)9-11-5-2-1-3-6-11/h1-3,5-6,9-10,15H,4,7-8H2/b12-9+,13-10?. The number of benzene rings is 1. The molecule has 82 valence electrons.